The predicted octanol–water partition coefficient (Wildman–Crippen LogP) is 1.84. The molecule has 146 valence electrons. The number of fused-ring (bicyclic) bond motifs is 1. The highest BCUT2D eigenvalue weighted by Gasteiger charge is 2.49. The number of ether oxygens (including phenoxy) is 1. The van der Waals surface area contributed by atoms with Gasteiger partial charge in [0, 0.05) is 25.1 Å². The van der Waals surface area contributed by atoms with Crippen LogP contribution in [0.15, 0.2) is 24.4 Å². The van der Waals surface area contributed by atoms with E-state index < -0.39 is 0 Å². The van der Waals surface area contributed by atoms with Crippen molar-refractivity contribution in [3.8, 4) is 5.95 Å². The van der Waals surface area contributed by atoms with Crippen LogP contribution in [0.4, 0.5) is 0 Å². The van der Waals surface area contributed by atoms with Crippen LogP contribution in [-0.2, 0) is 11.2 Å². The van der Waals surface area contributed by atoms with Crippen molar-refractivity contribution in [2.75, 3.05) is 26.7 Å². The van der Waals surface area contributed by atoms with E-state index in [1.807, 2.05) is 29.1 Å². The molecule has 0 aromatic carbocycles. The van der Waals surface area contributed by atoms with Crippen LogP contribution >= 0.6 is 0 Å². The first-order chi connectivity index (χ1) is 13.7. The topological polar surface area (TPSA) is 73.4 Å². The molecule has 6 rings (SSSR count). The summed E-state index contributed by atoms with van der Waals surface area (Å²) < 4.78 is 9.74. The van der Waals surface area contributed by atoms with Gasteiger partial charge in [0.05, 0.1) is 12.7 Å². The molecule has 1 saturated carbocycles. The van der Waals surface area contributed by atoms with Gasteiger partial charge in [0.2, 0.25) is 0 Å². The highest BCUT2D eigenvalue weighted by molar-refractivity contribution is 5.39. The lowest BCUT2D eigenvalue weighted by Gasteiger charge is -2.08. The van der Waals surface area contributed by atoms with Gasteiger partial charge in [0.25, 0.3) is 5.95 Å². The van der Waals surface area contributed by atoms with Gasteiger partial charge >= 0.3 is 0 Å². The second kappa shape index (κ2) is 6.09. The zero-order valence-corrected chi connectivity index (χ0v) is 16.2. The third-order valence-electron chi connectivity index (χ3n) is 6.52. The van der Waals surface area contributed by atoms with E-state index in [9.17, 15) is 0 Å². The molecule has 0 bridgehead atoms. The Morgan fingerprint density at radius 3 is 2.89 bits per heavy atom. The van der Waals surface area contributed by atoms with Gasteiger partial charge in [-0.2, -0.15) is 9.67 Å². The van der Waals surface area contributed by atoms with Crippen molar-refractivity contribution in [1.82, 2.24) is 34.3 Å². The van der Waals surface area contributed by atoms with Crippen molar-refractivity contribution < 1.29 is 4.74 Å². The molecule has 28 heavy (non-hydrogen) atoms. The average Bonchev–Trinajstić information content (AvgIpc) is 3.13. The second-order valence-electron chi connectivity index (χ2n) is 8.80. The summed E-state index contributed by atoms with van der Waals surface area (Å²) in [5.41, 5.74) is 1.28. The highest BCUT2D eigenvalue weighted by atomic mass is 16.5. The maximum atomic E-state index is 6.10. The Balaban J connectivity index is 1.36. The van der Waals surface area contributed by atoms with Gasteiger partial charge in [-0.3, -0.25) is 0 Å². The minimum atomic E-state index is 0.224. The van der Waals surface area contributed by atoms with E-state index in [4.69, 9.17) is 14.8 Å². The normalized spacial score (nSPS) is 26.6. The molecule has 2 unspecified atom stereocenters. The molecule has 0 N–H and O–H groups in total. The minimum absolute atomic E-state index is 0.224. The van der Waals surface area contributed by atoms with Crippen molar-refractivity contribution >= 4 is 5.65 Å². The second-order valence-corrected chi connectivity index (χ2v) is 8.80. The van der Waals surface area contributed by atoms with E-state index in [-0.39, 0.29) is 6.10 Å². The molecule has 1 aliphatic carbocycles. The van der Waals surface area contributed by atoms with Gasteiger partial charge in [-0.25, -0.2) is 9.50 Å². The van der Waals surface area contributed by atoms with E-state index >= 15 is 0 Å². The van der Waals surface area contributed by atoms with E-state index in [0.29, 0.717) is 17.3 Å². The third kappa shape index (κ3) is 2.82. The first-order valence-corrected chi connectivity index (χ1v) is 10.3. The van der Waals surface area contributed by atoms with E-state index in [1.54, 1.807) is 4.52 Å². The van der Waals surface area contributed by atoms with Crippen molar-refractivity contribution in [3.05, 3.63) is 36.0 Å². The quantitative estimate of drug-likeness (QED) is 0.689. The van der Waals surface area contributed by atoms with Crippen LogP contribution < -0.4 is 0 Å². The van der Waals surface area contributed by atoms with Gasteiger partial charge in [0.15, 0.2) is 11.5 Å². The lowest BCUT2D eigenvalue weighted by molar-refractivity contribution is 0.103. The number of likely N-dealkylation sites (N-methyl/N-ethyl adjacent to an activating group) is 1. The number of likely N-dealkylation sites (tertiary alicyclic amines) is 1. The molecular weight excluding hydrogens is 354 g/mol. The Morgan fingerprint density at radius 1 is 1.21 bits per heavy atom. The van der Waals surface area contributed by atoms with Gasteiger partial charge in [-0.1, -0.05) is 6.07 Å². The standard InChI is InChI=1S/C20H25N7O/c1-25-9-5-14(12-25)18-21-17(10-15-11-20(6-7-20)13-28-15)27(23-18)19-22-16-4-2-3-8-26(16)24-19/h2-4,8,14-15H,5-7,9-13H2,1H3. The van der Waals surface area contributed by atoms with Crippen LogP contribution in [0.3, 0.4) is 0 Å². The molecule has 2 atom stereocenters. The molecule has 8 nitrogen and oxygen atoms in total. The number of hydrogen-bond acceptors (Lipinski definition) is 6. The fraction of sp³-hybridized carbons (Fsp3) is 0.600. The molecule has 1 spiro atoms. The van der Waals surface area contributed by atoms with Gasteiger partial charge in [-0.15, -0.1) is 10.2 Å². The average molecular weight is 379 g/mol. The van der Waals surface area contributed by atoms with Gasteiger partial charge in [-0.05, 0) is 56.8 Å². The van der Waals surface area contributed by atoms with E-state index in [1.165, 1.54) is 12.8 Å². The van der Waals surface area contributed by atoms with E-state index in [2.05, 4.69) is 22.0 Å². The molecule has 3 aliphatic rings. The van der Waals surface area contributed by atoms with Crippen molar-refractivity contribution in [1.29, 1.82) is 0 Å². The first-order valence-electron chi connectivity index (χ1n) is 10.3. The summed E-state index contributed by atoms with van der Waals surface area (Å²) in [6, 6.07) is 5.88. The zero-order chi connectivity index (χ0) is 18.7. The molecule has 8 heteroatoms. The fourth-order valence-corrected chi connectivity index (χ4v) is 4.64. The number of hydrogen-bond donors (Lipinski definition) is 0. The summed E-state index contributed by atoms with van der Waals surface area (Å²) >= 11 is 0. The number of aromatic nitrogens is 6. The molecule has 3 aromatic heterocycles. The van der Waals surface area contributed by atoms with Crippen LogP contribution in [0.2, 0.25) is 0 Å². The van der Waals surface area contributed by atoms with Crippen LogP contribution in [0.25, 0.3) is 11.6 Å². The van der Waals surface area contributed by atoms with Crippen LogP contribution in [-0.4, -0.2) is 67.1 Å². The van der Waals surface area contributed by atoms with Crippen molar-refractivity contribution in [2.24, 2.45) is 5.41 Å². The Morgan fingerprint density at radius 2 is 2.14 bits per heavy atom. The third-order valence-corrected chi connectivity index (χ3v) is 6.52. The fourth-order valence-electron chi connectivity index (χ4n) is 4.64. The minimum Gasteiger partial charge on any atom is -0.377 e. The molecule has 5 heterocycles. The molecule has 3 aromatic rings. The lowest BCUT2D eigenvalue weighted by Crippen LogP contribution is -2.15. The molecule has 0 amide bonds. The maximum absolute atomic E-state index is 6.10. The predicted molar refractivity (Wildman–Crippen MR) is 102 cm³/mol. The largest absolute Gasteiger partial charge is 0.377 e. The Kier molecular flexibility index (Phi) is 3.61. The van der Waals surface area contributed by atoms with Gasteiger partial charge < -0.3 is 9.64 Å². The molecule has 3 fully saturated rings. The monoisotopic (exact) mass is 379 g/mol. The molecule has 2 saturated heterocycles. The summed E-state index contributed by atoms with van der Waals surface area (Å²) in [7, 11) is 2.16. The SMILES string of the molecule is CN1CCC(c2nc(CC3CC4(CC4)CO3)n(-c3nc4ccccn4n3)n2)C1. The molecular formula is C20H25N7O. The summed E-state index contributed by atoms with van der Waals surface area (Å²) in [5.74, 6) is 2.80. The summed E-state index contributed by atoms with van der Waals surface area (Å²) in [6.07, 6.45) is 7.76. The molecule has 2 aliphatic heterocycles. The number of rotatable bonds is 4. The highest BCUT2D eigenvalue weighted by Crippen LogP contribution is 2.54. The Bertz CT molecular complexity index is 988. The van der Waals surface area contributed by atoms with Gasteiger partial charge in [0.1, 0.15) is 5.82 Å². The Hall–Kier alpha value is -2.32. The zero-order valence-electron chi connectivity index (χ0n) is 16.2. The van der Waals surface area contributed by atoms with Crippen LogP contribution in [0, 0.1) is 5.41 Å². The maximum Gasteiger partial charge on any atom is 0.272 e. The first kappa shape index (κ1) is 16.6. The Labute approximate surface area is 163 Å². The van der Waals surface area contributed by atoms with Crippen LogP contribution in [0.1, 0.15) is 43.3 Å². The van der Waals surface area contributed by atoms with Crippen molar-refractivity contribution in [3.63, 3.8) is 0 Å². The van der Waals surface area contributed by atoms with Crippen molar-refractivity contribution in [2.45, 2.75) is 44.1 Å². The summed E-state index contributed by atoms with van der Waals surface area (Å²) in [4.78, 5) is 12.0. The van der Waals surface area contributed by atoms with Crippen LogP contribution in [0.5, 0.6) is 0 Å². The lowest BCUT2D eigenvalue weighted by atomic mass is 10.0. The number of nitrogens with zero attached hydrogens (tertiary/aromatic N) is 7. The summed E-state index contributed by atoms with van der Waals surface area (Å²) in [6.45, 7) is 3.00. The summed E-state index contributed by atoms with van der Waals surface area (Å²) in [5, 5.41) is 9.50. The van der Waals surface area contributed by atoms with E-state index in [0.717, 1.165) is 56.3 Å². The molecule has 0 radical (unpaired) electrons. The smallest absolute Gasteiger partial charge is 0.272 e. The number of pyridine rings is 1.